The molecule has 1 aromatic carbocycles. The average Bonchev–Trinajstić information content (AvgIpc) is 2.40. The summed E-state index contributed by atoms with van der Waals surface area (Å²) in [5.41, 5.74) is 1.18. The van der Waals surface area contributed by atoms with Crippen molar-refractivity contribution in [2.24, 2.45) is 5.92 Å². The molecular weight excluding hydrogens is 257 g/mol. The van der Waals surface area contributed by atoms with Gasteiger partial charge in [0.05, 0.1) is 7.11 Å². The first-order chi connectivity index (χ1) is 9.58. The molecule has 4 heteroatoms. The molecule has 106 valence electrons. The highest BCUT2D eigenvalue weighted by atomic mass is 19.1. The zero-order valence-electron chi connectivity index (χ0n) is 11.9. The third-order valence-corrected chi connectivity index (χ3v) is 2.78. The number of benzene rings is 1. The fourth-order valence-corrected chi connectivity index (χ4v) is 1.95. The first kappa shape index (κ1) is 14.3. The Labute approximate surface area is 118 Å². The van der Waals surface area contributed by atoms with Gasteiger partial charge in [-0.05, 0) is 36.1 Å². The van der Waals surface area contributed by atoms with Crippen LogP contribution < -0.4 is 9.47 Å². The van der Waals surface area contributed by atoms with Gasteiger partial charge in [0.1, 0.15) is 0 Å². The number of aromatic nitrogens is 1. The molecule has 0 radical (unpaired) electrons. The van der Waals surface area contributed by atoms with Crippen molar-refractivity contribution in [2.45, 2.75) is 20.3 Å². The van der Waals surface area contributed by atoms with Crippen LogP contribution in [0.4, 0.5) is 4.39 Å². The number of hydrogen-bond acceptors (Lipinski definition) is 3. The van der Waals surface area contributed by atoms with Crippen LogP contribution in [0.1, 0.15) is 19.4 Å². The van der Waals surface area contributed by atoms with Crippen molar-refractivity contribution in [2.75, 3.05) is 7.11 Å². The molecule has 0 aliphatic carbocycles. The molecule has 0 aliphatic heterocycles. The maximum absolute atomic E-state index is 13.0. The number of halogens is 1. The van der Waals surface area contributed by atoms with Gasteiger partial charge in [-0.15, -0.1) is 0 Å². The topological polar surface area (TPSA) is 31.4 Å². The Balaban J connectivity index is 2.23. The van der Waals surface area contributed by atoms with Gasteiger partial charge in [0.2, 0.25) is 11.8 Å². The standard InChI is InChI=1S/C16H18FNO2/c1-11(2)9-12-7-8-13(14(10-12)19-3)20-16-6-4-5-15(17)18-16/h4-8,10-11H,9H2,1-3H3. The maximum atomic E-state index is 13.0. The molecule has 0 aliphatic rings. The first-order valence-corrected chi connectivity index (χ1v) is 6.56. The zero-order chi connectivity index (χ0) is 14.5. The molecule has 0 atom stereocenters. The average molecular weight is 275 g/mol. The molecule has 0 saturated carbocycles. The van der Waals surface area contributed by atoms with Crippen LogP contribution in [0.5, 0.6) is 17.4 Å². The second kappa shape index (κ2) is 6.37. The summed E-state index contributed by atoms with van der Waals surface area (Å²) >= 11 is 0. The number of hydrogen-bond donors (Lipinski definition) is 0. The van der Waals surface area contributed by atoms with Gasteiger partial charge < -0.3 is 9.47 Å². The lowest BCUT2D eigenvalue weighted by Gasteiger charge is -2.12. The highest BCUT2D eigenvalue weighted by molar-refractivity contribution is 5.44. The molecule has 2 rings (SSSR count). The van der Waals surface area contributed by atoms with Gasteiger partial charge in [0, 0.05) is 6.07 Å². The van der Waals surface area contributed by atoms with Gasteiger partial charge in [-0.25, -0.2) is 0 Å². The molecule has 0 spiro atoms. The van der Waals surface area contributed by atoms with E-state index in [4.69, 9.17) is 9.47 Å². The Kier molecular flexibility index (Phi) is 4.56. The summed E-state index contributed by atoms with van der Waals surface area (Å²) in [4.78, 5) is 3.67. The van der Waals surface area contributed by atoms with Crippen molar-refractivity contribution in [3.8, 4) is 17.4 Å². The molecule has 0 bridgehead atoms. The van der Waals surface area contributed by atoms with E-state index in [1.54, 1.807) is 19.2 Å². The third kappa shape index (κ3) is 3.70. The Morgan fingerprint density at radius 3 is 2.60 bits per heavy atom. The van der Waals surface area contributed by atoms with Crippen molar-refractivity contribution in [1.82, 2.24) is 4.98 Å². The van der Waals surface area contributed by atoms with Crippen molar-refractivity contribution in [1.29, 1.82) is 0 Å². The number of methoxy groups -OCH3 is 1. The molecule has 2 aromatic rings. The number of ether oxygens (including phenoxy) is 2. The van der Waals surface area contributed by atoms with Crippen molar-refractivity contribution >= 4 is 0 Å². The first-order valence-electron chi connectivity index (χ1n) is 6.56. The molecule has 1 heterocycles. The van der Waals surface area contributed by atoms with Gasteiger partial charge in [0.15, 0.2) is 11.5 Å². The Morgan fingerprint density at radius 1 is 1.15 bits per heavy atom. The second-order valence-electron chi connectivity index (χ2n) is 4.98. The summed E-state index contributed by atoms with van der Waals surface area (Å²) in [5, 5.41) is 0. The molecule has 3 nitrogen and oxygen atoms in total. The smallest absolute Gasteiger partial charge is 0.222 e. The van der Waals surface area contributed by atoms with Gasteiger partial charge >= 0.3 is 0 Å². The molecule has 20 heavy (non-hydrogen) atoms. The van der Waals surface area contributed by atoms with Crippen LogP contribution >= 0.6 is 0 Å². The molecule has 1 aromatic heterocycles. The minimum Gasteiger partial charge on any atom is -0.493 e. The lowest BCUT2D eigenvalue weighted by molar-refractivity contribution is 0.370. The molecule has 0 unspecified atom stereocenters. The molecule has 0 fully saturated rings. The SMILES string of the molecule is COc1cc(CC(C)C)ccc1Oc1cccc(F)n1. The lowest BCUT2D eigenvalue weighted by Crippen LogP contribution is -1.97. The van der Waals surface area contributed by atoms with Crippen molar-refractivity contribution in [3.63, 3.8) is 0 Å². The van der Waals surface area contributed by atoms with Crippen LogP contribution in [0.25, 0.3) is 0 Å². The van der Waals surface area contributed by atoms with E-state index in [2.05, 4.69) is 18.8 Å². The Bertz CT molecular complexity index is 584. The largest absolute Gasteiger partial charge is 0.493 e. The van der Waals surface area contributed by atoms with E-state index in [0.29, 0.717) is 17.4 Å². The summed E-state index contributed by atoms with van der Waals surface area (Å²) in [6, 6.07) is 10.2. The summed E-state index contributed by atoms with van der Waals surface area (Å²) in [6.07, 6.45) is 0.967. The highest BCUT2D eigenvalue weighted by Gasteiger charge is 2.09. The van der Waals surface area contributed by atoms with E-state index in [1.165, 1.54) is 11.6 Å². The summed E-state index contributed by atoms with van der Waals surface area (Å²) in [5.74, 6) is 1.35. The predicted molar refractivity (Wildman–Crippen MR) is 75.8 cm³/mol. The Hall–Kier alpha value is -2.10. The summed E-state index contributed by atoms with van der Waals surface area (Å²) in [7, 11) is 1.58. The normalized spacial score (nSPS) is 10.7. The minimum atomic E-state index is -0.571. The molecule has 0 saturated heterocycles. The third-order valence-electron chi connectivity index (χ3n) is 2.78. The minimum absolute atomic E-state index is 0.208. The summed E-state index contributed by atoms with van der Waals surface area (Å²) in [6.45, 7) is 4.32. The van der Waals surface area contributed by atoms with E-state index in [-0.39, 0.29) is 5.88 Å². The van der Waals surface area contributed by atoms with Gasteiger partial charge in [-0.1, -0.05) is 26.0 Å². The quantitative estimate of drug-likeness (QED) is 0.766. The molecule has 0 amide bonds. The van der Waals surface area contributed by atoms with E-state index in [0.717, 1.165) is 6.42 Å². The monoisotopic (exact) mass is 275 g/mol. The predicted octanol–water partition coefficient (Wildman–Crippen LogP) is 4.22. The maximum Gasteiger partial charge on any atom is 0.222 e. The Morgan fingerprint density at radius 2 is 1.95 bits per heavy atom. The van der Waals surface area contributed by atoms with Gasteiger partial charge in [-0.2, -0.15) is 9.37 Å². The van der Waals surface area contributed by atoms with Crippen LogP contribution in [0.3, 0.4) is 0 Å². The summed E-state index contributed by atoms with van der Waals surface area (Å²) < 4.78 is 23.9. The van der Waals surface area contributed by atoms with Crippen LogP contribution in [-0.2, 0) is 6.42 Å². The van der Waals surface area contributed by atoms with Crippen LogP contribution in [0.2, 0.25) is 0 Å². The van der Waals surface area contributed by atoms with Crippen LogP contribution in [0, 0.1) is 11.9 Å². The lowest BCUT2D eigenvalue weighted by atomic mass is 10.0. The van der Waals surface area contributed by atoms with Crippen molar-refractivity contribution in [3.05, 3.63) is 47.9 Å². The number of nitrogens with zero attached hydrogens (tertiary/aromatic N) is 1. The van der Waals surface area contributed by atoms with E-state index < -0.39 is 5.95 Å². The van der Waals surface area contributed by atoms with E-state index in [1.807, 2.05) is 18.2 Å². The molecular formula is C16H18FNO2. The van der Waals surface area contributed by atoms with E-state index in [9.17, 15) is 4.39 Å². The number of pyridine rings is 1. The van der Waals surface area contributed by atoms with Crippen LogP contribution in [-0.4, -0.2) is 12.1 Å². The number of rotatable bonds is 5. The van der Waals surface area contributed by atoms with Gasteiger partial charge in [-0.3, -0.25) is 0 Å². The van der Waals surface area contributed by atoms with E-state index >= 15 is 0 Å². The zero-order valence-corrected chi connectivity index (χ0v) is 11.9. The fourth-order valence-electron chi connectivity index (χ4n) is 1.95. The molecule has 0 N–H and O–H groups in total. The highest BCUT2D eigenvalue weighted by Crippen LogP contribution is 2.32. The second-order valence-corrected chi connectivity index (χ2v) is 4.98. The fraction of sp³-hybridized carbons (Fsp3) is 0.312. The van der Waals surface area contributed by atoms with Gasteiger partial charge in [0.25, 0.3) is 0 Å². The van der Waals surface area contributed by atoms with Crippen molar-refractivity contribution < 1.29 is 13.9 Å². The van der Waals surface area contributed by atoms with Crippen LogP contribution in [0.15, 0.2) is 36.4 Å².